The lowest BCUT2D eigenvalue weighted by Crippen LogP contribution is -1.96. The molecule has 1 aromatic heterocycles. The summed E-state index contributed by atoms with van der Waals surface area (Å²) >= 11 is 0. The van der Waals surface area contributed by atoms with Crippen molar-refractivity contribution in [3.05, 3.63) is 23.0 Å². The quantitative estimate of drug-likeness (QED) is 0.678. The van der Waals surface area contributed by atoms with Gasteiger partial charge in [-0.25, -0.2) is 0 Å². The van der Waals surface area contributed by atoms with E-state index in [9.17, 15) is 0 Å². The van der Waals surface area contributed by atoms with Gasteiger partial charge in [-0.2, -0.15) is 0 Å². The molecule has 0 atom stereocenters. The van der Waals surface area contributed by atoms with Gasteiger partial charge >= 0.3 is 0 Å². The molecule has 2 heteroatoms. The van der Waals surface area contributed by atoms with E-state index in [1.165, 1.54) is 17.0 Å². The molecule has 0 saturated heterocycles. The third-order valence-corrected chi connectivity index (χ3v) is 2.26. The summed E-state index contributed by atoms with van der Waals surface area (Å²) in [5.74, 6) is 0. The van der Waals surface area contributed by atoms with Gasteiger partial charge in [0, 0.05) is 25.0 Å². The highest BCUT2D eigenvalue weighted by Crippen LogP contribution is 2.12. The van der Waals surface area contributed by atoms with Crippen molar-refractivity contribution in [3.63, 3.8) is 0 Å². The van der Waals surface area contributed by atoms with Crippen LogP contribution in [0.2, 0.25) is 0 Å². The molecule has 1 heterocycles. The Kier molecular flexibility index (Phi) is 2.35. The predicted molar refractivity (Wildman–Crippen MR) is 45.7 cm³/mol. The maximum absolute atomic E-state index is 8.74. The zero-order chi connectivity index (χ0) is 8.43. The standard InChI is InChI=1S/C9H15NO/c1-7-6-9(4-5-11)8(2)10(7)3/h6,11H,4-5H2,1-3H3. The molecule has 0 aliphatic rings. The highest BCUT2D eigenvalue weighted by atomic mass is 16.2. The van der Waals surface area contributed by atoms with Crippen molar-refractivity contribution in [2.45, 2.75) is 20.3 Å². The first kappa shape index (κ1) is 8.34. The smallest absolute Gasteiger partial charge is 0.0472 e. The highest BCUT2D eigenvalue weighted by Gasteiger charge is 2.03. The third-order valence-electron chi connectivity index (χ3n) is 2.26. The van der Waals surface area contributed by atoms with Crippen LogP contribution in [0.15, 0.2) is 6.07 Å². The lowest BCUT2D eigenvalue weighted by Gasteiger charge is -2.00. The van der Waals surface area contributed by atoms with Crippen molar-refractivity contribution in [2.75, 3.05) is 6.61 Å². The number of aliphatic hydroxyl groups is 1. The molecule has 11 heavy (non-hydrogen) atoms. The number of hydrogen-bond donors (Lipinski definition) is 1. The van der Waals surface area contributed by atoms with Crippen molar-refractivity contribution in [2.24, 2.45) is 7.05 Å². The number of rotatable bonds is 2. The van der Waals surface area contributed by atoms with Gasteiger partial charge in [0.15, 0.2) is 0 Å². The Morgan fingerprint density at radius 2 is 2.09 bits per heavy atom. The van der Waals surface area contributed by atoms with E-state index in [1.54, 1.807) is 0 Å². The van der Waals surface area contributed by atoms with E-state index >= 15 is 0 Å². The lowest BCUT2D eigenvalue weighted by molar-refractivity contribution is 0.299. The van der Waals surface area contributed by atoms with Gasteiger partial charge in [0.1, 0.15) is 0 Å². The van der Waals surface area contributed by atoms with Crippen molar-refractivity contribution in [3.8, 4) is 0 Å². The van der Waals surface area contributed by atoms with Gasteiger partial charge in [-0.15, -0.1) is 0 Å². The van der Waals surface area contributed by atoms with Gasteiger partial charge in [-0.05, 0) is 31.9 Å². The molecule has 0 aromatic carbocycles. The van der Waals surface area contributed by atoms with Crippen LogP contribution in [0.3, 0.4) is 0 Å². The Labute approximate surface area is 67.5 Å². The molecule has 2 nitrogen and oxygen atoms in total. The van der Waals surface area contributed by atoms with Crippen LogP contribution in [0, 0.1) is 13.8 Å². The summed E-state index contributed by atoms with van der Waals surface area (Å²) in [6.07, 6.45) is 0.771. The van der Waals surface area contributed by atoms with E-state index < -0.39 is 0 Å². The zero-order valence-electron chi connectivity index (χ0n) is 7.39. The van der Waals surface area contributed by atoms with E-state index in [4.69, 9.17) is 5.11 Å². The van der Waals surface area contributed by atoms with Gasteiger partial charge in [0.25, 0.3) is 0 Å². The first-order chi connectivity index (χ1) is 5.16. The van der Waals surface area contributed by atoms with Gasteiger partial charge in [0.2, 0.25) is 0 Å². The third kappa shape index (κ3) is 1.46. The van der Waals surface area contributed by atoms with Crippen LogP contribution in [0.1, 0.15) is 17.0 Å². The van der Waals surface area contributed by atoms with Gasteiger partial charge in [-0.1, -0.05) is 0 Å². The Hall–Kier alpha value is -0.760. The fourth-order valence-electron chi connectivity index (χ4n) is 1.31. The molecule has 0 aliphatic carbocycles. The van der Waals surface area contributed by atoms with E-state index in [0.717, 1.165) is 6.42 Å². The maximum atomic E-state index is 8.74. The van der Waals surface area contributed by atoms with E-state index in [-0.39, 0.29) is 6.61 Å². The van der Waals surface area contributed by atoms with Crippen LogP contribution in [0.4, 0.5) is 0 Å². The molecule has 0 aliphatic heterocycles. The second-order valence-electron chi connectivity index (χ2n) is 2.93. The van der Waals surface area contributed by atoms with Crippen LogP contribution < -0.4 is 0 Å². The molecular formula is C9H15NO. The number of aliphatic hydroxyl groups excluding tert-OH is 1. The second kappa shape index (κ2) is 3.09. The summed E-state index contributed by atoms with van der Waals surface area (Å²) in [4.78, 5) is 0. The molecule has 0 unspecified atom stereocenters. The first-order valence-corrected chi connectivity index (χ1v) is 3.89. The van der Waals surface area contributed by atoms with Crippen LogP contribution in [-0.4, -0.2) is 16.3 Å². The van der Waals surface area contributed by atoms with Crippen LogP contribution >= 0.6 is 0 Å². The number of hydrogen-bond acceptors (Lipinski definition) is 1. The summed E-state index contributed by atoms with van der Waals surface area (Å²) in [5.41, 5.74) is 3.77. The monoisotopic (exact) mass is 153 g/mol. The van der Waals surface area contributed by atoms with E-state index in [1.807, 2.05) is 7.05 Å². The SMILES string of the molecule is Cc1cc(CCO)c(C)n1C. The minimum Gasteiger partial charge on any atom is -0.396 e. The Bertz CT molecular complexity index is 250. The van der Waals surface area contributed by atoms with Crippen LogP contribution in [-0.2, 0) is 13.5 Å². The molecule has 1 N–H and O–H groups in total. The molecule has 1 rings (SSSR count). The first-order valence-electron chi connectivity index (χ1n) is 3.89. The van der Waals surface area contributed by atoms with E-state index in [2.05, 4.69) is 24.5 Å². The molecular weight excluding hydrogens is 138 g/mol. The number of aromatic nitrogens is 1. The van der Waals surface area contributed by atoms with Crippen molar-refractivity contribution < 1.29 is 5.11 Å². The Morgan fingerprint density at radius 1 is 1.45 bits per heavy atom. The summed E-state index contributed by atoms with van der Waals surface area (Å²) in [7, 11) is 2.05. The Balaban J connectivity index is 2.98. The second-order valence-corrected chi connectivity index (χ2v) is 2.93. The van der Waals surface area contributed by atoms with Crippen molar-refractivity contribution in [1.82, 2.24) is 4.57 Å². The Morgan fingerprint density at radius 3 is 2.45 bits per heavy atom. The van der Waals surface area contributed by atoms with Crippen molar-refractivity contribution in [1.29, 1.82) is 0 Å². The highest BCUT2D eigenvalue weighted by molar-refractivity contribution is 5.26. The minimum atomic E-state index is 0.240. The minimum absolute atomic E-state index is 0.240. The average molecular weight is 153 g/mol. The summed E-state index contributed by atoms with van der Waals surface area (Å²) in [6.45, 7) is 4.40. The van der Waals surface area contributed by atoms with Gasteiger partial charge < -0.3 is 9.67 Å². The predicted octanol–water partition coefficient (Wildman–Crippen LogP) is 1.18. The van der Waals surface area contributed by atoms with Crippen molar-refractivity contribution >= 4 is 0 Å². The molecule has 0 spiro atoms. The molecule has 0 fully saturated rings. The lowest BCUT2D eigenvalue weighted by atomic mass is 10.2. The molecule has 0 radical (unpaired) electrons. The molecule has 0 saturated carbocycles. The fraction of sp³-hybridized carbons (Fsp3) is 0.556. The van der Waals surface area contributed by atoms with Crippen LogP contribution in [0.5, 0.6) is 0 Å². The summed E-state index contributed by atoms with van der Waals surface area (Å²) in [6, 6.07) is 2.13. The molecule has 0 bridgehead atoms. The average Bonchev–Trinajstić information content (AvgIpc) is 2.19. The normalized spacial score (nSPS) is 10.5. The van der Waals surface area contributed by atoms with E-state index in [0.29, 0.717) is 0 Å². The van der Waals surface area contributed by atoms with Gasteiger partial charge in [0.05, 0.1) is 0 Å². The van der Waals surface area contributed by atoms with Crippen LogP contribution in [0.25, 0.3) is 0 Å². The molecule has 62 valence electrons. The fourth-order valence-corrected chi connectivity index (χ4v) is 1.31. The zero-order valence-corrected chi connectivity index (χ0v) is 7.39. The van der Waals surface area contributed by atoms with Gasteiger partial charge in [-0.3, -0.25) is 0 Å². The summed E-state index contributed by atoms with van der Waals surface area (Å²) in [5, 5.41) is 8.74. The largest absolute Gasteiger partial charge is 0.396 e. The molecule has 1 aromatic rings. The summed E-state index contributed by atoms with van der Waals surface area (Å²) < 4.78 is 2.14. The number of aryl methyl sites for hydroxylation is 1. The topological polar surface area (TPSA) is 25.2 Å². The number of nitrogens with zero attached hydrogens (tertiary/aromatic N) is 1. The molecule has 0 amide bonds. The maximum Gasteiger partial charge on any atom is 0.0472 e.